The first-order valence-electron chi connectivity index (χ1n) is 6.99. The van der Waals surface area contributed by atoms with Gasteiger partial charge in [0.2, 0.25) is 0 Å². The molecule has 3 rings (SSSR count). The van der Waals surface area contributed by atoms with E-state index in [1.165, 1.54) is 0 Å². The van der Waals surface area contributed by atoms with Crippen molar-refractivity contribution in [1.29, 1.82) is 0 Å². The Balaban J connectivity index is 1.78. The van der Waals surface area contributed by atoms with Crippen LogP contribution in [0.3, 0.4) is 0 Å². The van der Waals surface area contributed by atoms with E-state index >= 15 is 0 Å². The number of rotatable bonds is 6. The van der Waals surface area contributed by atoms with Crippen molar-refractivity contribution in [3.63, 3.8) is 0 Å². The predicted molar refractivity (Wildman–Crippen MR) is 79.1 cm³/mol. The highest BCUT2D eigenvalue weighted by molar-refractivity contribution is 5.94. The van der Waals surface area contributed by atoms with Crippen molar-refractivity contribution in [3.8, 4) is 11.5 Å². The Hall–Kier alpha value is -2.05. The SMILES string of the molecule is OCCOCCNc1nccc2cc3c(cc12)OCCO3. The summed E-state index contributed by atoms with van der Waals surface area (Å²) in [6, 6.07) is 5.87. The molecule has 0 radical (unpaired) electrons. The van der Waals surface area contributed by atoms with E-state index in [-0.39, 0.29) is 6.61 Å². The Bertz CT molecular complexity index is 618. The van der Waals surface area contributed by atoms with Crippen molar-refractivity contribution in [2.45, 2.75) is 0 Å². The molecule has 112 valence electrons. The van der Waals surface area contributed by atoms with Gasteiger partial charge in [-0.25, -0.2) is 4.98 Å². The molecule has 2 aromatic rings. The molecule has 0 bridgehead atoms. The van der Waals surface area contributed by atoms with Crippen LogP contribution in [0, 0.1) is 0 Å². The number of nitrogens with zero attached hydrogens (tertiary/aromatic N) is 1. The molecule has 0 unspecified atom stereocenters. The van der Waals surface area contributed by atoms with Crippen LogP contribution < -0.4 is 14.8 Å². The lowest BCUT2D eigenvalue weighted by atomic mass is 10.1. The maximum atomic E-state index is 8.65. The molecule has 1 aromatic carbocycles. The van der Waals surface area contributed by atoms with E-state index in [1.54, 1.807) is 6.20 Å². The molecule has 1 aromatic heterocycles. The minimum absolute atomic E-state index is 0.0377. The zero-order chi connectivity index (χ0) is 14.5. The van der Waals surface area contributed by atoms with Gasteiger partial charge in [0, 0.05) is 18.1 Å². The van der Waals surface area contributed by atoms with Gasteiger partial charge in [-0.1, -0.05) is 0 Å². The number of aliphatic hydroxyl groups is 1. The third-order valence-corrected chi connectivity index (χ3v) is 3.20. The number of benzene rings is 1. The average molecular weight is 290 g/mol. The summed E-state index contributed by atoms with van der Waals surface area (Å²) in [4.78, 5) is 4.36. The number of ether oxygens (including phenoxy) is 3. The quantitative estimate of drug-likeness (QED) is 0.784. The summed E-state index contributed by atoms with van der Waals surface area (Å²) in [5.74, 6) is 2.32. The lowest BCUT2D eigenvalue weighted by molar-refractivity contribution is 0.0992. The number of nitrogens with one attached hydrogen (secondary N) is 1. The second-order valence-electron chi connectivity index (χ2n) is 4.64. The molecule has 1 aliphatic rings. The lowest BCUT2D eigenvalue weighted by Crippen LogP contribution is -2.15. The van der Waals surface area contributed by atoms with Gasteiger partial charge in [-0.2, -0.15) is 0 Å². The first-order valence-corrected chi connectivity index (χ1v) is 6.99. The van der Waals surface area contributed by atoms with E-state index in [2.05, 4.69) is 10.3 Å². The number of fused-ring (bicyclic) bond motifs is 2. The molecule has 0 spiro atoms. The van der Waals surface area contributed by atoms with Gasteiger partial charge in [-0.05, 0) is 23.6 Å². The highest BCUT2D eigenvalue weighted by Gasteiger charge is 2.14. The van der Waals surface area contributed by atoms with Gasteiger partial charge < -0.3 is 24.6 Å². The van der Waals surface area contributed by atoms with E-state index in [0.29, 0.717) is 33.0 Å². The van der Waals surface area contributed by atoms with Crippen molar-refractivity contribution in [3.05, 3.63) is 24.4 Å². The fourth-order valence-corrected chi connectivity index (χ4v) is 2.26. The van der Waals surface area contributed by atoms with Gasteiger partial charge in [0.25, 0.3) is 0 Å². The number of hydrogen-bond acceptors (Lipinski definition) is 6. The Kier molecular flexibility index (Phi) is 4.37. The summed E-state index contributed by atoms with van der Waals surface area (Å²) in [6.45, 7) is 2.68. The van der Waals surface area contributed by atoms with Crippen LogP contribution in [-0.2, 0) is 4.74 Å². The summed E-state index contributed by atoms with van der Waals surface area (Å²) in [5, 5.41) is 13.9. The molecule has 2 heterocycles. The van der Waals surface area contributed by atoms with Crippen molar-refractivity contribution in [2.75, 3.05) is 44.9 Å². The fraction of sp³-hybridized carbons (Fsp3) is 0.400. The van der Waals surface area contributed by atoms with Crippen molar-refractivity contribution in [2.24, 2.45) is 0 Å². The molecular formula is C15H18N2O4. The highest BCUT2D eigenvalue weighted by atomic mass is 16.6. The topological polar surface area (TPSA) is 72.8 Å². The number of hydrogen-bond donors (Lipinski definition) is 2. The standard InChI is InChI=1S/C15H18N2O4/c18-4-6-19-5-3-17-15-12-10-14-13(20-7-8-21-14)9-11(12)1-2-16-15/h1-2,9-10,18H,3-8H2,(H,16,17). The number of aromatic nitrogens is 1. The monoisotopic (exact) mass is 290 g/mol. The molecule has 0 amide bonds. The highest BCUT2D eigenvalue weighted by Crippen LogP contribution is 2.36. The Morgan fingerprint density at radius 3 is 2.81 bits per heavy atom. The average Bonchev–Trinajstić information content (AvgIpc) is 2.53. The lowest BCUT2D eigenvalue weighted by Gasteiger charge is -2.19. The van der Waals surface area contributed by atoms with E-state index in [0.717, 1.165) is 28.1 Å². The van der Waals surface area contributed by atoms with E-state index < -0.39 is 0 Å². The van der Waals surface area contributed by atoms with Crippen LogP contribution in [0.15, 0.2) is 24.4 Å². The molecule has 0 saturated carbocycles. The molecule has 0 aliphatic carbocycles. The van der Waals surface area contributed by atoms with Crippen LogP contribution in [0.4, 0.5) is 5.82 Å². The number of anilines is 1. The smallest absolute Gasteiger partial charge is 0.162 e. The van der Waals surface area contributed by atoms with E-state index in [1.807, 2.05) is 18.2 Å². The maximum Gasteiger partial charge on any atom is 0.162 e. The molecule has 6 nitrogen and oxygen atoms in total. The van der Waals surface area contributed by atoms with E-state index in [4.69, 9.17) is 19.3 Å². The largest absolute Gasteiger partial charge is 0.486 e. The van der Waals surface area contributed by atoms with Crippen LogP contribution >= 0.6 is 0 Å². The van der Waals surface area contributed by atoms with Crippen molar-refractivity contribution >= 4 is 16.6 Å². The van der Waals surface area contributed by atoms with Crippen LogP contribution in [0.25, 0.3) is 10.8 Å². The van der Waals surface area contributed by atoms with Gasteiger partial charge in [-0.15, -0.1) is 0 Å². The minimum Gasteiger partial charge on any atom is -0.486 e. The molecule has 6 heteroatoms. The minimum atomic E-state index is 0.0377. The Labute approximate surface area is 122 Å². The summed E-state index contributed by atoms with van der Waals surface area (Å²) in [6.07, 6.45) is 1.76. The zero-order valence-corrected chi connectivity index (χ0v) is 11.7. The summed E-state index contributed by atoms with van der Waals surface area (Å²) in [7, 11) is 0. The molecule has 0 atom stereocenters. The molecular weight excluding hydrogens is 272 g/mol. The predicted octanol–water partition coefficient (Wildman–Crippen LogP) is 1.43. The fourth-order valence-electron chi connectivity index (χ4n) is 2.26. The number of pyridine rings is 1. The third-order valence-electron chi connectivity index (χ3n) is 3.20. The second kappa shape index (κ2) is 6.60. The zero-order valence-electron chi connectivity index (χ0n) is 11.7. The van der Waals surface area contributed by atoms with Gasteiger partial charge in [0.1, 0.15) is 19.0 Å². The summed E-state index contributed by atoms with van der Waals surface area (Å²) >= 11 is 0. The molecule has 0 saturated heterocycles. The van der Waals surface area contributed by atoms with Crippen LogP contribution in [-0.4, -0.2) is 49.7 Å². The van der Waals surface area contributed by atoms with Gasteiger partial charge in [0.05, 0.1) is 19.8 Å². The number of aliphatic hydroxyl groups excluding tert-OH is 1. The second-order valence-corrected chi connectivity index (χ2v) is 4.64. The van der Waals surface area contributed by atoms with Gasteiger partial charge in [0.15, 0.2) is 11.5 Å². The maximum absolute atomic E-state index is 8.65. The molecule has 2 N–H and O–H groups in total. The van der Waals surface area contributed by atoms with Crippen LogP contribution in [0.1, 0.15) is 0 Å². The molecule has 0 fully saturated rings. The summed E-state index contributed by atoms with van der Waals surface area (Å²) in [5.41, 5.74) is 0. The van der Waals surface area contributed by atoms with Gasteiger partial charge >= 0.3 is 0 Å². The molecule has 1 aliphatic heterocycles. The Morgan fingerprint density at radius 2 is 2.00 bits per heavy atom. The van der Waals surface area contributed by atoms with Crippen molar-refractivity contribution < 1.29 is 19.3 Å². The molecule has 21 heavy (non-hydrogen) atoms. The summed E-state index contributed by atoms with van der Waals surface area (Å²) < 4.78 is 16.4. The van der Waals surface area contributed by atoms with Crippen LogP contribution in [0.2, 0.25) is 0 Å². The third kappa shape index (κ3) is 3.17. The van der Waals surface area contributed by atoms with Crippen LogP contribution in [0.5, 0.6) is 11.5 Å². The first kappa shape index (κ1) is 13.9. The van der Waals surface area contributed by atoms with E-state index in [9.17, 15) is 0 Å². The normalized spacial score (nSPS) is 13.4. The first-order chi connectivity index (χ1) is 10.4. The Morgan fingerprint density at radius 1 is 1.19 bits per heavy atom. The van der Waals surface area contributed by atoms with Gasteiger partial charge in [-0.3, -0.25) is 0 Å². The van der Waals surface area contributed by atoms with Crippen molar-refractivity contribution in [1.82, 2.24) is 4.98 Å².